The Kier molecular flexibility index (Phi) is 4.83. The summed E-state index contributed by atoms with van der Waals surface area (Å²) in [4.78, 5) is 30.4. The molecule has 2 aromatic rings. The number of anilines is 3. The number of hydrogen-bond acceptors (Lipinski definition) is 5. The summed E-state index contributed by atoms with van der Waals surface area (Å²) >= 11 is 0. The average molecular weight is 340 g/mol. The molecule has 25 heavy (non-hydrogen) atoms. The largest absolute Gasteiger partial charge is 0.492 e. The van der Waals surface area contributed by atoms with Gasteiger partial charge in [-0.05, 0) is 31.2 Å². The van der Waals surface area contributed by atoms with Crippen LogP contribution >= 0.6 is 0 Å². The number of hydrogen-bond donors (Lipinski definition) is 2. The third-order valence-corrected chi connectivity index (χ3v) is 4.01. The lowest BCUT2D eigenvalue weighted by Gasteiger charge is -2.20. The Morgan fingerprint density at radius 2 is 2.16 bits per heavy atom. The van der Waals surface area contributed by atoms with Gasteiger partial charge in [0.25, 0.3) is 0 Å². The number of benzene rings is 1. The van der Waals surface area contributed by atoms with E-state index in [1.54, 1.807) is 17.0 Å². The Labute approximate surface area is 145 Å². The number of ether oxygens (including phenoxy) is 1. The zero-order valence-electron chi connectivity index (χ0n) is 13.9. The van der Waals surface area contributed by atoms with E-state index in [1.165, 1.54) is 6.20 Å². The summed E-state index contributed by atoms with van der Waals surface area (Å²) in [6.07, 6.45) is 1.65. The molecule has 1 atom stereocenters. The highest BCUT2D eigenvalue weighted by Gasteiger charge is 2.36. The number of amides is 2. The van der Waals surface area contributed by atoms with Crippen LogP contribution in [0.25, 0.3) is 0 Å². The first kappa shape index (κ1) is 16.8. The molecule has 0 bridgehead atoms. The summed E-state index contributed by atoms with van der Waals surface area (Å²) in [5.74, 6) is 0.286. The van der Waals surface area contributed by atoms with Gasteiger partial charge in [-0.15, -0.1) is 0 Å². The second-order valence-corrected chi connectivity index (χ2v) is 5.77. The summed E-state index contributed by atoms with van der Waals surface area (Å²) in [6.45, 7) is 2.71. The van der Waals surface area contributed by atoms with E-state index >= 15 is 0 Å². The second-order valence-electron chi connectivity index (χ2n) is 5.77. The van der Waals surface area contributed by atoms with Gasteiger partial charge in [0.2, 0.25) is 11.8 Å². The highest BCUT2D eigenvalue weighted by molar-refractivity contribution is 6.04. The van der Waals surface area contributed by atoms with E-state index in [-0.39, 0.29) is 18.2 Å². The summed E-state index contributed by atoms with van der Waals surface area (Å²) in [7, 11) is 0. The number of pyridine rings is 1. The predicted molar refractivity (Wildman–Crippen MR) is 95.4 cm³/mol. The maximum atomic E-state index is 12.5. The van der Waals surface area contributed by atoms with Crippen molar-refractivity contribution >= 4 is 29.0 Å². The van der Waals surface area contributed by atoms with E-state index in [2.05, 4.69) is 10.3 Å². The fourth-order valence-corrected chi connectivity index (χ4v) is 2.80. The van der Waals surface area contributed by atoms with Gasteiger partial charge in [0, 0.05) is 13.0 Å². The number of carbonyl (C=O) groups excluding carboxylic acids is 2. The molecule has 1 aliphatic rings. The molecular formula is C18H20N4O3. The number of para-hydroxylation sites is 2. The van der Waals surface area contributed by atoms with Crippen molar-refractivity contribution in [3.05, 3.63) is 42.6 Å². The van der Waals surface area contributed by atoms with Crippen molar-refractivity contribution in [1.29, 1.82) is 0 Å². The molecule has 0 saturated carbocycles. The molecule has 1 aromatic carbocycles. The van der Waals surface area contributed by atoms with Crippen LogP contribution in [0.1, 0.15) is 13.3 Å². The third kappa shape index (κ3) is 3.71. The number of carbonyl (C=O) groups is 2. The van der Waals surface area contributed by atoms with Crippen molar-refractivity contribution in [1.82, 2.24) is 4.98 Å². The van der Waals surface area contributed by atoms with Gasteiger partial charge >= 0.3 is 0 Å². The molecule has 0 radical (unpaired) electrons. The Bertz CT molecular complexity index is 776. The molecule has 2 heterocycles. The normalized spacial score (nSPS) is 16.8. The van der Waals surface area contributed by atoms with Crippen molar-refractivity contribution in [2.45, 2.75) is 13.3 Å². The van der Waals surface area contributed by atoms with Crippen molar-refractivity contribution in [2.75, 3.05) is 29.1 Å². The van der Waals surface area contributed by atoms with Gasteiger partial charge in [0.15, 0.2) is 0 Å². The van der Waals surface area contributed by atoms with E-state index < -0.39 is 5.92 Å². The molecule has 1 aliphatic heterocycles. The van der Waals surface area contributed by atoms with E-state index in [4.69, 9.17) is 10.5 Å². The van der Waals surface area contributed by atoms with E-state index in [1.807, 2.05) is 31.2 Å². The van der Waals surface area contributed by atoms with Crippen LogP contribution < -0.4 is 20.7 Å². The Balaban J connectivity index is 1.72. The minimum Gasteiger partial charge on any atom is -0.492 e. The molecule has 3 N–H and O–H groups in total. The number of rotatable bonds is 5. The maximum Gasteiger partial charge on any atom is 0.229 e. The molecule has 1 unspecified atom stereocenters. The van der Waals surface area contributed by atoms with Crippen molar-refractivity contribution in [3.8, 4) is 5.75 Å². The highest BCUT2D eigenvalue weighted by atomic mass is 16.5. The standard InChI is InChI=1S/C18H20N4O3/c1-2-25-15-6-4-3-5-14(15)22-11-12(9-17(22)23)18(24)21-13-7-8-16(19)20-10-13/h3-8,10,12H,2,9,11H2,1H3,(H2,19,20)(H,21,24). The first-order valence-electron chi connectivity index (χ1n) is 8.13. The topological polar surface area (TPSA) is 97.6 Å². The molecule has 130 valence electrons. The molecule has 2 amide bonds. The van der Waals surface area contributed by atoms with Gasteiger partial charge in [-0.25, -0.2) is 4.98 Å². The predicted octanol–water partition coefficient (Wildman–Crippen LogP) is 2.05. The van der Waals surface area contributed by atoms with Crippen LogP contribution in [0.3, 0.4) is 0 Å². The van der Waals surface area contributed by atoms with Crippen molar-refractivity contribution in [2.24, 2.45) is 5.92 Å². The highest BCUT2D eigenvalue weighted by Crippen LogP contribution is 2.33. The second kappa shape index (κ2) is 7.21. The number of nitrogens with zero attached hydrogens (tertiary/aromatic N) is 2. The van der Waals surface area contributed by atoms with Crippen LogP contribution in [0.15, 0.2) is 42.6 Å². The van der Waals surface area contributed by atoms with E-state index in [0.717, 1.165) is 0 Å². The Morgan fingerprint density at radius 3 is 2.88 bits per heavy atom. The molecule has 0 aliphatic carbocycles. The van der Waals surface area contributed by atoms with Gasteiger partial charge in [0.1, 0.15) is 11.6 Å². The van der Waals surface area contributed by atoms with Gasteiger partial charge < -0.3 is 20.7 Å². The summed E-state index contributed by atoms with van der Waals surface area (Å²) < 4.78 is 5.59. The summed E-state index contributed by atoms with van der Waals surface area (Å²) in [6, 6.07) is 10.6. The van der Waals surface area contributed by atoms with Crippen LogP contribution in [0.2, 0.25) is 0 Å². The average Bonchev–Trinajstić information content (AvgIpc) is 2.99. The quantitative estimate of drug-likeness (QED) is 0.868. The number of nitrogens with one attached hydrogen (secondary N) is 1. The van der Waals surface area contributed by atoms with Gasteiger partial charge in [-0.3, -0.25) is 9.59 Å². The van der Waals surface area contributed by atoms with E-state index in [9.17, 15) is 9.59 Å². The molecule has 7 nitrogen and oxygen atoms in total. The molecule has 0 spiro atoms. The molecule has 3 rings (SSSR count). The lowest BCUT2D eigenvalue weighted by molar-refractivity contribution is -0.122. The lowest BCUT2D eigenvalue weighted by atomic mass is 10.1. The van der Waals surface area contributed by atoms with Crippen molar-refractivity contribution < 1.29 is 14.3 Å². The fourth-order valence-electron chi connectivity index (χ4n) is 2.80. The van der Waals surface area contributed by atoms with Crippen LogP contribution in [-0.2, 0) is 9.59 Å². The van der Waals surface area contributed by atoms with Gasteiger partial charge in [-0.1, -0.05) is 12.1 Å². The number of aromatic nitrogens is 1. The number of nitrogens with two attached hydrogens (primary N) is 1. The first-order chi connectivity index (χ1) is 12.1. The monoisotopic (exact) mass is 340 g/mol. The van der Waals surface area contributed by atoms with E-state index in [0.29, 0.717) is 36.1 Å². The molecule has 1 aromatic heterocycles. The lowest BCUT2D eigenvalue weighted by Crippen LogP contribution is -2.28. The molecular weight excluding hydrogens is 320 g/mol. The maximum absolute atomic E-state index is 12.5. The smallest absolute Gasteiger partial charge is 0.229 e. The van der Waals surface area contributed by atoms with Gasteiger partial charge in [-0.2, -0.15) is 0 Å². The fraction of sp³-hybridized carbons (Fsp3) is 0.278. The summed E-state index contributed by atoms with van der Waals surface area (Å²) in [5, 5.41) is 2.78. The SMILES string of the molecule is CCOc1ccccc1N1CC(C(=O)Nc2ccc(N)nc2)CC1=O. The zero-order chi connectivity index (χ0) is 17.8. The Morgan fingerprint density at radius 1 is 1.36 bits per heavy atom. The van der Waals surface area contributed by atoms with Crippen molar-refractivity contribution in [3.63, 3.8) is 0 Å². The first-order valence-corrected chi connectivity index (χ1v) is 8.13. The minimum absolute atomic E-state index is 0.0947. The molecule has 1 fully saturated rings. The van der Waals surface area contributed by atoms with Crippen LogP contribution in [0, 0.1) is 5.92 Å². The molecule has 7 heteroatoms. The number of nitrogen functional groups attached to an aromatic ring is 1. The third-order valence-electron chi connectivity index (χ3n) is 4.01. The minimum atomic E-state index is -0.431. The van der Waals surface area contributed by atoms with Gasteiger partial charge in [0.05, 0.1) is 30.1 Å². The summed E-state index contributed by atoms with van der Waals surface area (Å²) in [5.41, 5.74) is 6.78. The van der Waals surface area contributed by atoms with Crippen LogP contribution in [0.4, 0.5) is 17.2 Å². The molecule has 1 saturated heterocycles. The van der Waals surface area contributed by atoms with Crippen LogP contribution in [0.5, 0.6) is 5.75 Å². The Hall–Kier alpha value is -3.09. The zero-order valence-corrected chi connectivity index (χ0v) is 13.9. The van der Waals surface area contributed by atoms with Crippen LogP contribution in [-0.4, -0.2) is 29.9 Å².